The van der Waals surface area contributed by atoms with Crippen LogP contribution in [0.1, 0.15) is 120 Å². The summed E-state index contributed by atoms with van der Waals surface area (Å²) in [7, 11) is 0. The van der Waals surface area contributed by atoms with Gasteiger partial charge in [-0.25, -0.2) is 0 Å². The van der Waals surface area contributed by atoms with E-state index in [0.29, 0.717) is 68.3 Å². The van der Waals surface area contributed by atoms with E-state index in [1.807, 2.05) is 75.4 Å². The topological polar surface area (TPSA) is 207 Å². The molecule has 16 heteroatoms. The fraction of sp³-hybridized carbons (Fsp3) is 0.358. The first-order valence-corrected chi connectivity index (χ1v) is 35.0. The van der Waals surface area contributed by atoms with Crippen LogP contribution in [-0.2, 0) is 0 Å². The van der Waals surface area contributed by atoms with Crippen LogP contribution in [0.5, 0.6) is 0 Å². The molecular weight excluding hydrogens is 1260 g/mol. The Hall–Kier alpha value is -7.54. The van der Waals surface area contributed by atoms with E-state index in [2.05, 4.69) is 163 Å². The lowest BCUT2D eigenvalue weighted by Crippen LogP contribution is -2.38. The summed E-state index contributed by atoms with van der Waals surface area (Å²) in [4.78, 5) is 8.19. The molecule has 1 aliphatic carbocycles. The molecule has 97 heavy (non-hydrogen) atoms. The Morgan fingerprint density at radius 2 is 0.845 bits per heavy atom. The van der Waals surface area contributed by atoms with Crippen LogP contribution in [0.15, 0.2) is 212 Å². The number of benzene rings is 8. The fourth-order valence-electron chi connectivity index (χ4n) is 13.0. The Labute approximate surface area is 584 Å². The molecule has 1 heterocycles. The molecule has 0 radical (unpaired) electrons. The second-order valence-electron chi connectivity index (χ2n) is 24.6. The molecule has 516 valence electrons. The molecule has 0 spiro atoms. The van der Waals surface area contributed by atoms with Crippen molar-refractivity contribution in [3.05, 3.63) is 272 Å². The number of aliphatic hydroxyl groups excluding tert-OH is 9. The number of piperidine rings is 1. The summed E-state index contributed by atoms with van der Waals surface area (Å²) in [6, 6.07) is 66.8. The van der Waals surface area contributed by atoms with Crippen LogP contribution in [0.3, 0.4) is 0 Å². The smallest absolute Gasteiger partial charge is 0.0908 e. The van der Waals surface area contributed by atoms with Gasteiger partial charge >= 0.3 is 0 Å². The molecule has 0 bridgehead atoms. The van der Waals surface area contributed by atoms with E-state index in [-0.39, 0.29) is 64.2 Å². The monoisotopic (exact) mass is 1360 g/mol. The molecule has 8 aromatic carbocycles. The number of hydrogen-bond acceptors (Lipinski definition) is 14. The normalized spacial score (nSPS) is 15.2. The molecule has 5 unspecified atom stereocenters. The van der Waals surface area contributed by atoms with Crippen LogP contribution in [0.2, 0.25) is 10.0 Å². The average Bonchev–Trinajstić information content (AvgIpc) is 1.12. The zero-order chi connectivity index (χ0) is 68.7. The first-order chi connectivity index (χ1) is 47.4. The van der Waals surface area contributed by atoms with E-state index >= 15 is 0 Å². The summed E-state index contributed by atoms with van der Waals surface area (Å²) < 4.78 is 0. The summed E-state index contributed by atoms with van der Waals surface area (Å²) in [5.74, 6) is 0.401. The van der Waals surface area contributed by atoms with Crippen LogP contribution in [0.25, 0.3) is 5.57 Å². The quantitative estimate of drug-likeness (QED) is 0.0108. The number of β-amino-alcohol motifs (C(OH)–C–C–N with tert-alkyl or cyclic N) is 1. The lowest BCUT2D eigenvalue weighted by Gasteiger charge is -2.32. The number of halogens is 2. The van der Waals surface area contributed by atoms with Crippen LogP contribution in [0, 0.1) is 0 Å². The van der Waals surface area contributed by atoms with Gasteiger partial charge in [-0.3, -0.25) is 0 Å². The number of anilines is 5. The van der Waals surface area contributed by atoms with Crippen molar-refractivity contribution in [1.29, 1.82) is 0 Å². The average molecular weight is 1360 g/mol. The van der Waals surface area contributed by atoms with Crippen molar-refractivity contribution in [2.75, 3.05) is 130 Å². The van der Waals surface area contributed by atoms with E-state index in [9.17, 15) is 40.9 Å². The highest BCUT2D eigenvalue weighted by Gasteiger charge is 2.23. The van der Waals surface area contributed by atoms with Gasteiger partial charge in [0, 0.05) is 115 Å². The van der Waals surface area contributed by atoms with Gasteiger partial charge in [0.05, 0.1) is 58.5 Å². The molecule has 10 N–H and O–H groups in total. The predicted molar refractivity (Wildman–Crippen MR) is 399 cm³/mol. The van der Waals surface area contributed by atoms with Crippen molar-refractivity contribution in [2.24, 2.45) is 0 Å². The van der Waals surface area contributed by atoms with Crippen molar-refractivity contribution in [2.45, 2.75) is 81.8 Å². The van der Waals surface area contributed by atoms with Crippen molar-refractivity contribution < 1.29 is 46.0 Å². The second kappa shape index (κ2) is 40.4. The highest BCUT2D eigenvalue weighted by Crippen LogP contribution is 2.38. The summed E-state index contributed by atoms with van der Waals surface area (Å²) in [6.07, 6.45) is 12.3. The Kier molecular flexibility index (Phi) is 31.3. The van der Waals surface area contributed by atoms with Gasteiger partial charge in [0.2, 0.25) is 0 Å². The predicted octanol–water partition coefficient (Wildman–Crippen LogP) is 12.9. The van der Waals surface area contributed by atoms with Gasteiger partial charge in [0.25, 0.3) is 0 Å². The van der Waals surface area contributed by atoms with Gasteiger partial charge in [-0.15, -0.1) is 0 Å². The fourth-order valence-corrected chi connectivity index (χ4v) is 13.2. The summed E-state index contributed by atoms with van der Waals surface area (Å²) in [5, 5.41) is 89.6. The number of hydrogen-bond donors (Lipinski definition) is 10. The molecule has 10 rings (SSSR count). The van der Waals surface area contributed by atoms with Gasteiger partial charge in [0.15, 0.2) is 0 Å². The standard InChI is InChI=1S/C29H30ClNO3.C28H33ClN2O3.C24H36N2O3/c30-26-12-8-23(9-13-26)29(24-10-14-27(15-11-24)31(16-18-32)17-19-33)22-6-4-21(5-7-22)25-2-1-3-28(34)20-25;29-24-9-3-21(4-10-24)28(22-5-11-25(12-6-22)30(16-18-32)17-19-33)23-7-13-26(14-8-23)31-15-1-2-27(34)20-31;1-2-3-4-5-24(20-6-10-22(11-7-20)25-14-17-27)21-8-12-23(13-9-21)26(15-18-28)16-19-29/h1,3-15,20,28-29,32-34H,2,16-19H2;3-14,27-28,32-34H,1-2,15-20H2;6-13,24-25,27-29H,2-5,14-19H2,1H3. The van der Waals surface area contributed by atoms with E-state index in [4.69, 9.17) is 28.3 Å². The molecule has 0 amide bonds. The van der Waals surface area contributed by atoms with Crippen LogP contribution < -0.4 is 24.9 Å². The maximum Gasteiger partial charge on any atom is 0.0908 e. The minimum Gasteiger partial charge on any atom is -0.395 e. The Morgan fingerprint density at radius 1 is 0.464 bits per heavy atom. The summed E-state index contributed by atoms with van der Waals surface area (Å²) in [6.45, 7) is 7.76. The van der Waals surface area contributed by atoms with Crippen LogP contribution in [-0.4, -0.2) is 163 Å². The van der Waals surface area contributed by atoms with Gasteiger partial charge in [-0.1, -0.05) is 171 Å². The Bertz CT molecular complexity index is 3500. The van der Waals surface area contributed by atoms with Crippen molar-refractivity contribution in [3.63, 3.8) is 0 Å². The first kappa shape index (κ1) is 75.2. The number of rotatable bonds is 32. The minimum absolute atomic E-state index is 0.0234. The number of allylic oxidation sites excluding steroid dienone is 2. The van der Waals surface area contributed by atoms with Crippen LogP contribution >= 0.6 is 23.2 Å². The molecule has 8 aromatic rings. The Morgan fingerprint density at radius 3 is 1.23 bits per heavy atom. The molecular formula is C81H99Cl2N5O9. The Balaban J connectivity index is 0.000000187. The van der Waals surface area contributed by atoms with Gasteiger partial charge in [-0.2, -0.15) is 0 Å². The van der Waals surface area contributed by atoms with E-state index in [1.165, 1.54) is 36.0 Å². The molecule has 5 atom stereocenters. The second-order valence-corrected chi connectivity index (χ2v) is 25.5. The lowest BCUT2D eigenvalue weighted by atomic mass is 9.84. The summed E-state index contributed by atoms with van der Waals surface area (Å²) >= 11 is 12.3. The number of nitrogens with zero attached hydrogens (tertiary/aromatic N) is 4. The van der Waals surface area contributed by atoms with E-state index in [1.54, 1.807) is 6.08 Å². The number of aliphatic hydroxyl groups is 9. The van der Waals surface area contributed by atoms with E-state index < -0.39 is 6.10 Å². The van der Waals surface area contributed by atoms with Crippen molar-refractivity contribution in [1.82, 2.24) is 0 Å². The van der Waals surface area contributed by atoms with Crippen molar-refractivity contribution in [3.8, 4) is 0 Å². The summed E-state index contributed by atoms with van der Waals surface area (Å²) in [5.41, 5.74) is 16.9. The number of unbranched alkanes of at least 4 members (excludes halogenated alkanes) is 2. The molecule has 2 aliphatic rings. The van der Waals surface area contributed by atoms with Gasteiger partial charge < -0.3 is 70.9 Å². The molecule has 1 saturated heterocycles. The molecule has 1 fully saturated rings. The van der Waals surface area contributed by atoms with Crippen LogP contribution in [0.4, 0.5) is 28.4 Å². The molecule has 1 aliphatic heterocycles. The SMILES string of the molecule is CCCCCC(c1ccc(NCCO)cc1)c1ccc(N(CCO)CCO)cc1.OCCN(CCO)c1ccc(C(c2ccc(Cl)cc2)c2ccc(C3=CC(O)C=CC3)cc2)cc1.OCCN(CCO)c1ccc(C(c2ccc(Cl)cc2)c2ccc(N3CCCC(O)C3)cc2)cc1. The third-order valence-electron chi connectivity index (χ3n) is 18.0. The minimum atomic E-state index is -0.528. The van der Waals surface area contributed by atoms with Gasteiger partial charge in [-0.05, 0) is 172 Å². The third kappa shape index (κ3) is 22.5. The maximum atomic E-state index is 10.0. The largest absolute Gasteiger partial charge is 0.395 e. The first-order valence-electron chi connectivity index (χ1n) is 34.2. The van der Waals surface area contributed by atoms with Crippen molar-refractivity contribution >= 4 is 57.2 Å². The number of nitrogens with one attached hydrogen (secondary N) is 1. The molecule has 0 saturated carbocycles. The lowest BCUT2D eigenvalue weighted by molar-refractivity contribution is 0.154. The molecule has 0 aromatic heterocycles. The third-order valence-corrected chi connectivity index (χ3v) is 18.5. The zero-order valence-electron chi connectivity index (χ0n) is 55.9. The highest BCUT2D eigenvalue weighted by molar-refractivity contribution is 6.30. The van der Waals surface area contributed by atoms with Gasteiger partial charge in [0.1, 0.15) is 0 Å². The maximum absolute atomic E-state index is 10.0. The molecule has 14 nitrogen and oxygen atoms in total. The van der Waals surface area contributed by atoms with E-state index in [0.717, 1.165) is 99.6 Å². The zero-order valence-corrected chi connectivity index (χ0v) is 57.4. The highest BCUT2D eigenvalue weighted by atomic mass is 35.5.